The third-order valence-electron chi connectivity index (χ3n) is 0.910. The van der Waals surface area contributed by atoms with Gasteiger partial charge in [-0.1, -0.05) is 0 Å². The molecule has 2 nitrogen and oxygen atoms in total. The second-order valence-electron chi connectivity index (χ2n) is 1.41. The second kappa shape index (κ2) is 1.49. The van der Waals surface area contributed by atoms with Gasteiger partial charge in [0.1, 0.15) is 0 Å². The minimum Gasteiger partial charge on any atom is -0.286 e. The lowest BCUT2D eigenvalue weighted by Gasteiger charge is -1.95. The van der Waals surface area contributed by atoms with Crippen LogP contribution >= 0.6 is 0 Å². The van der Waals surface area contributed by atoms with Crippen LogP contribution in [0.5, 0.6) is 0 Å². The summed E-state index contributed by atoms with van der Waals surface area (Å²) in [5, 5.41) is 0.679. The molecule has 0 spiro atoms. The SMILES string of the molecule is O=c1c([Si])c([Si])c1=O. The summed E-state index contributed by atoms with van der Waals surface area (Å²) in [6.07, 6.45) is 0. The van der Waals surface area contributed by atoms with Crippen molar-refractivity contribution < 1.29 is 0 Å². The fourth-order valence-electron chi connectivity index (χ4n) is 0.392. The third kappa shape index (κ3) is 0.467. The quantitative estimate of drug-likeness (QED) is 0.279. The van der Waals surface area contributed by atoms with Gasteiger partial charge in [-0.15, -0.1) is 0 Å². The van der Waals surface area contributed by atoms with Gasteiger partial charge in [0, 0.05) is 0 Å². The van der Waals surface area contributed by atoms with Gasteiger partial charge in [0.15, 0.2) is 0 Å². The number of hydrogen-bond donors (Lipinski definition) is 0. The Balaban J connectivity index is 3.48. The molecule has 0 unspecified atom stereocenters. The van der Waals surface area contributed by atoms with Crippen molar-refractivity contribution in [2.75, 3.05) is 0 Å². The Labute approximate surface area is 52.1 Å². The first kappa shape index (κ1) is 5.65. The van der Waals surface area contributed by atoms with Crippen molar-refractivity contribution in [2.45, 2.75) is 0 Å². The molecule has 1 aromatic rings. The van der Waals surface area contributed by atoms with Crippen molar-refractivity contribution in [2.24, 2.45) is 0 Å². The van der Waals surface area contributed by atoms with Gasteiger partial charge in [-0.05, 0) is 10.4 Å². The highest BCUT2D eigenvalue weighted by molar-refractivity contribution is 6.49. The van der Waals surface area contributed by atoms with Gasteiger partial charge in [0.25, 0.3) is 0 Å². The van der Waals surface area contributed by atoms with E-state index in [1.165, 1.54) is 0 Å². The standard InChI is InChI=1S/C4O2Si2/c5-1-2(6)4(8)3(1)7. The monoisotopic (exact) mass is 136 g/mol. The van der Waals surface area contributed by atoms with E-state index in [1.807, 2.05) is 0 Å². The maximum Gasteiger partial charge on any atom is 0.223 e. The summed E-state index contributed by atoms with van der Waals surface area (Å²) in [5.41, 5.74) is -0.904. The van der Waals surface area contributed by atoms with Crippen LogP contribution in [0.1, 0.15) is 0 Å². The predicted molar refractivity (Wildman–Crippen MR) is 32.1 cm³/mol. The van der Waals surface area contributed by atoms with Crippen LogP contribution in [0.3, 0.4) is 0 Å². The van der Waals surface area contributed by atoms with Crippen LogP contribution in [0.25, 0.3) is 0 Å². The van der Waals surface area contributed by atoms with Gasteiger partial charge in [-0.3, -0.25) is 9.59 Å². The highest BCUT2D eigenvalue weighted by atomic mass is 28.2. The van der Waals surface area contributed by atoms with Crippen LogP contribution < -0.4 is 21.2 Å². The Kier molecular flexibility index (Phi) is 1.05. The van der Waals surface area contributed by atoms with Crippen LogP contribution in [0.4, 0.5) is 0 Å². The zero-order valence-corrected chi connectivity index (χ0v) is 5.82. The van der Waals surface area contributed by atoms with Crippen molar-refractivity contribution in [3.05, 3.63) is 20.4 Å². The summed E-state index contributed by atoms with van der Waals surface area (Å²) in [4.78, 5) is 20.6. The lowest BCUT2D eigenvalue weighted by Crippen LogP contribution is -2.62. The molecule has 0 N–H and O–H groups in total. The minimum absolute atomic E-state index is 0.340. The molecule has 0 aliphatic heterocycles. The van der Waals surface area contributed by atoms with Gasteiger partial charge >= 0.3 is 0 Å². The summed E-state index contributed by atoms with van der Waals surface area (Å²) in [5.74, 6) is 0. The van der Waals surface area contributed by atoms with Crippen LogP contribution in [0, 0.1) is 0 Å². The number of hydrogen-bond acceptors (Lipinski definition) is 2. The molecule has 0 atom stereocenters. The smallest absolute Gasteiger partial charge is 0.223 e. The van der Waals surface area contributed by atoms with Crippen LogP contribution in [-0.2, 0) is 0 Å². The van der Waals surface area contributed by atoms with E-state index in [9.17, 15) is 9.59 Å². The van der Waals surface area contributed by atoms with Gasteiger partial charge in [-0.2, -0.15) is 0 Å². The molecule has 0 aliphatic carbocycles. The van der Waals surface area contributed by atoms with E-state index in [1.54, 1.807) is 0 Å². The Hall–Kier alpha value is -0.486. The fraction of sp³-hybridized carbons (Fsp3) is 0. The van der Waals surface area contributed by atoms with Gasteiger partial charge in [0.2, 0.25) is 10.9 Å². The zero-order chi connectivity index (χ0) is 6.31. The lowest BCUT2D eigenvalue weighted by atomic mass is 10.3. The molecular weight excluding hydrogens is 136 g/mol. The molecular formula is C4O2Si2. The summed E-state index contributed by atoms with van der Waals surface area (Å²) in [6, 6.07) is 0. The summed E-state index contributed by atoms with van der Waals surface area (Å²) in [7, 11) is 5.88. The van der Waals surface area contributed by atoms with Crippen molar-refractivity contribution in [3.63, 3.8) is 0 Å². The highest BCUT2D eigenvalue weighted by Gasteiger charge is 2.09. The van der Waals surface area contributed by atoms with Crippen molar-refractivity contribution in [1.82, 2.24) is 0 Å². The van der Waals surface area contributed by atoms with E-state index >= 15 is 0 Å². The summed E-state index contributed by atoms with van der Waals surface area (Å²) < 4.78 is 0. The van der Waals surface area contributed by atoms with Crippen molar-refractivity contribution in [1.29, 1.82) is 0 Å². The number of rotatable bonds is 0. The molecule has 0 amide bonds. The van der Waals surface area contributed by atoms with Crippen LogP contribution in [-0.4, -0.2) is 20.5 Å². The molecule has 8 heavy (non-hydrogen) atoms. The molecule has 1 aromatic carbocycles. The van der Waals surface area contributed by atoms with Crippen LogP contribution in [0.2, 0.25) is 0 Å². The molecule has 0 aromatic heterocycles. The lowest BCUT2D eigenvalue weighted by molar-refractivity contribution is 1.54. The van der Waals surface area contributed by atoms with Crippen LogP contribution in [0.15, 0.2) is 9.59 Å². The first-order chi connectivity index (χ1) is 3.64. The molecule has 0 fully saturated rings. The normalized spacial score (nSPS) is 10.2. The largest absolute Gasteiger partial charge is 0.286 e. The Morgan fingerprint density at radius 3 is 1.25 bits per heavy atom. The highest BCUT2D eigenvalue weighted by Crippen LogP contribution is 1.45. The third-order valence-corrected chi connectivity index (χ3v) is 2.11. The average Bonchev–Trinajstić information content (AvgIpc) is 1.83. The Morgan fingerprint density at radius 2 is 1.12 bits per heavy atom. The molecule has 1 rings (SSSR count). The molecule has 6 radical (unpaired) electrons. The van der Waals surface area contributed by atoms with Crippen molar-refractivity contribution >= 4 is 30.9 Å². The molecule has 0 saturated carbocycles. The van der Waals surface area contributed by atoms with E-state index in [0.29, 0.717) is 10.4 Å². The topological polar surface area (TPSA) is 34.1 Å². The maximum atomic E-state index is 10.3. The molecule has 0 heterocycles. The van der Waals surface area contributed by atoms with E-state index in [2.05, 4.69) is 20.5 Å². The molecule has 0 bridgehead atoms. The minimum atomic E-state index is -0.452. The first-order valence-electron chi connectivity index (χ1n) is 1.91. The van der Waals surface area contributed by atoms with Gasteiger partial charge in [0.05, 0.1) is 20.5 Å². The molecule has 4 heteroatoms. The predicted octanol–water partition coefficient (Wildman–Crippen LogP) is -3.13. The fourth-order valence-corrected chi connectivity index (χ4v) is 0.846. The second-order valence-corrected chi connectivity index (χ2v) is 2.41. The van der Waals surface area contributed by atoms with E-state index in [-0.39, 0.29) is 0 Å². The molecule has 0 aliphatic rings. The molecule has 0 saturated heterocycles. The Morgan fingerprint density at radius 1 is 0.875 bits per heavy atom. The zero-order valence-electron chi connectivity index (χ0n) is 3.82. The summed E-state index contributed by atoms with van der Waals surface area (Å²) >= 11 is 0. The van der Waals surface area contributed by atoms with Gasteiger partial charge in [-0.25, -0.2) is 0 Å². The average molecular weight is 136 g/mol. The van der Waals surface area contributed by atoms with Gasteiger partial charge < -0.3 is 0 Å². The van der Waals surface area contributed by atoms with E-state index in [4.69, 9.17) is 0 Å². The van der Waals surface area contributed by atoms with E-state index < -0.39 is 10.9 Å². The Bertz CT molecular complexity index is 252. The summed E-state index contributed by atoms with van der Waals surface area (Å²) in [6.45, 7) is 0. The van der Waals surface area contributed by atoms with E-state index in [0.717, 1.165) is 0 Å². The first-order valence-corrected chi connectivity index (χ1v) is 2.91. The molecule has 36 valence electrons. The maximum absolute atomic E-state index is 10.3. The van der Waals surface area contributed by atoms with Crippen molar-refractivity contribution in [3.8, 4) is 0 Å².